The zero-order chi connectivity index (χ0) is 20.5. The SMILES string of the molecule is Cc1ccc(-c2ccc(OC(=O)CN3C(=O)c4ccccc4C3=O)c(C)c2)cc1. The Balaban J connectivity index is 1.47. The van der Waals surface area contributed by atoms with Crippen molar-refractivity contribution in [3.8, 4) is 16.9 Å². The van der Waals surface area contributed by atoms with Gasteiger partial charge < -0.3 is 4.74 Å². The van der Waals surface area contributed by atoms with Crippen LogP contribution in [0.1, 0.15) is 31.8 Å². The Kier molecular flexibility index (Phi) is 4.72. The lowest BCUT2D eigenvalue weighted by molar-refractivity contribution is -0.134. The molecule has 0 unspecified atom stereocenters. The van der Waals surface area contributed by atoms with Crippen molar-refractivity contribution in [1.82, 2.24) is 4.90 Å². The van der Waals surface area contributed by atoms with Crippen molar-refractivity contribution in [2.75, 3.05) is 6.54 Å². The summed E-state index contributed by atoms with van der Waals surface area (Å²) >= 11 is 0. The minimum absolute atomic E-state index is 0.309. The lowest BCUT2D eigenvalue weighted by Gasteiger charge is -2.14. The van der Waals surface area contributed by atoms with Crippen LogP contribution in [-0.4, -0.2) is 29.2 Å². The van der Waals surface area contributed by atoms with E-state index in [0.717, 1.165) is 21.6 Å². The van der Waals surface area contributed by atoms with Crippen LogP contribution in [0.25, 0.3) is 11.1 Å². The van der Waals surface area contributed by atoms with Crippen molar-refractivity contribution in [2.45, 2.75) is 13.8 Å². The fraction of sp³-hybridized carbons (Fsp3) is 0.125. The van der Waals surface area contributed by atoms with Crippen LogP contribution >= 0.6 is 0 Å². The van der Waals surface area contributed by atoms with Crippen LogP contribution in [0.2, 0.25) is 0 Å². The number of carbonyl (C=O) groups excluding carboxylic acids is 3. The molecule has 1 heterocycles. The van der Waals surface area contributed by atoms with Crippen LogP contribution in [0.15, 0.2) is 66.7 Å². The summed E-state index contributed by atoms with van der Waals surface area (Å²) in [4.78, 5) is 38.1. The maximum atomic E-state index is 12.4. The standard InChI is InChI=1S/C24H19NO4/c1-15-7-9-17(10-8-15)18-11-12-21(16(2)13-18)29-22(26)14-25-23(27)19-5-3-4-6-20(19)24(25)28/h3-13H,14H2,1-2H3. The highest BCUT2D eigenvalue weighted by Gasteiger charge is 2.36. The highest BCUT2D eigenvalue weighted by atomic mass is 16.5. The van der Waals surface area contributed by atoms with Crippen molar-refractivity contribution < 1.29 is 19.1 Å². The number of hydrogen-bond donors (Lipinski definition) is 0. The van der Waals surface area contributed by atoms with Gasteiger partial charge in [-0.2, -0.15) is 0 Å². The Hall–Kier alpha value is -3.73. The first-order chi connectivity index (χ1) is 13.9. The summed E-state index contributed by atoms with van der Waals surface area (Å²) in [6.45, 7) is 3.46. The Bertz CT molecular complexity index is 1100. The van der Waals surface area contributed by atoms with Crippen LogP contribution < -0.4 is 4.74 Å². The van der Waals surface area contributed by atoms with Gasteiger partial charge in [-0.3, -0.25) is 14.5 Å². The monoisotopic (exact) mass is 385 g/mol. The van der Waals surface area contributed by atoms with E-state index in [2.05, 4.69) is 0 Å². The molecule has 4 rings (SSSR count). The van der Waals surface area contributed by atoms with Gasteiger partial charge in [0.2, 0.25) is 0 Å². The predicted molar refractivity (Wildman–Crippen MR) is 109 cm³/mol. The van der Waals surface area contributed by atoms with E-state index in [1.807, 2.05) is 50.2 Å². The molecular formula is C24H19NO4. The molecule has 0 fully saturated rings. The van der Waals surface area contributed by atoms with Crippen LogP contribution in [0.3, 0.4) is 0 Å². The quantitative estimate of drug-likeness (QED) is 0.384. The van der Waals surface area contributed by atoms with Gasteiger partial charge >= 0.3 is 5.97 Å². The van der Waals surface area contributed by atoms with E-state index in [-0.39, 0.29) is 0 Å². The van der Waals surface area contributed by atoms with Crippen LogP contribution in [0.5, 0.6) is 5.75 Å². The molecule has 0 atom stereocenters. The number of aryl methyl sites for hydroxylation is 2. The topological polar surface area (TPSA) is 63.7 Å². The number of imide groups is 1. The van der Waals surface area contributed by atoms with E-state index in [1.54, 1.807) is 30.3 Å². The summed E-state index contributed by atoms with van der Waals surface area (Å²) in [6.07, 6.45) is 0. The van der Waals surface area contributed by atoms with Crippen molar-refractivity contribution in [3.63, 3.8) is 0 Å². The Morgan fingerprint density at radius 1 is 0.828 bits per heavy atom. The maximum absolute atomic E-state index is 12.4. The van der Waals surface area contributed by atoms with Gasteiger partial charge in [0.05, 0.1) is 11.1 Å². The van der Waals surface area contributed by atoms with Gasteiger partial charge in [-0.25, -0.2) is 4.79 Å². The first-order valence-electron chi connectivity index (χ1n) is 9.27. The third kappa shape index (κ3) is 3.55. The number of nitrogens with zero attached hydrogens (tertiary/aromatic N) is 1. The fourth-order valence-corrected chi connectivity index (χ4v) is 3.36. The van der Waals surface area contributed by atoms with Crippen LogP contribution in [0, 0.1) is 13.8 Å². The molecule has 2 amide bonds. The molecule has 1 aliphatic rings. The highest BCUT2D eigenvalue weighted by Crippen LogP contribution is 2.27. The molecule has 0 aromatic heterocycles. The molecule has 5 heteroatoms. The molecule has 144 valence electrons. The van der Waals surface area contributed by atoms with Crippen LogP contribution in [0.4, 0.5) is 0 Å². The molecule has 0 saturated carbocycles. The van der Waals surface area contributed by atoms with Crippen molar-refractivity contribution in [2.24, 2.45) is 0 Å². The number of esters is 1. The van der Waals surface area contributed by atoms with Crippen molar-refractivity contribution >= 4 is 17.8 Å². The molecule has 3 aromatic rings. The molecule has 0 spiro atoms. The molecule has 0 aliphatic carbocycles. The fourth-order valence-electron chi connectivity index (χ4n) is 3.36. The normalized spacial score (nSPS) is 12.8. The Morgan fingerprint density at radius 3 is 2.00 bits per heavy atom. The first kappa shape index (κ1) is 18.6. The highest BCUT2D eigenvalue weighted by molar-refractivity contribution is 6.22. The lowest BCUT2D eigenvalue weighted by atomic mass is 10.0. The number of fused-ring (bicyclic) bond motifs is 1. The molecule has 0 N–H and O–H groups in total. The van der Waals surface area contributed by atoms with Gasteiger partial charge in [0, 0.05) is 0 Å². The van der Waals surface area contributed by atoms with E-state index in [0.29, 0.717) is 16.9 Å². The third-order valence-corrected chi connectivity index (χ3v) is 4.95. The lowest BCUT2D eigenvalue weighted by Crippen LogP contribution is -2.36. The number of rotatable bonds is 4. The second-order valence-corrected chi connectivity index (χ2v) is 7.06. The second-order valence-electron chi connectivity index (χ2n) is 7.06. The maximum Gasteiger partial charge on any atom is 0.331 e. The molecular weight excluding hydrogens is 366 g/mol. The van der Waals surface area contributed by atoms with Gasteiger partial charge in [0.25, 0.3) is 11.8 Å². The van der Waals surface area contributed by atoms with Crippen LogP contribution in [-0.2, 0) is 4.79 Å². The number of ether oxygens (including phenoxy) is 1. The molecule has 0 radical (unpaired) electrons. The van der Waals surface area contributed by atoms with E-state index in [9.17, 15) is 14.4 Å². The summed E-state index contributed by atoms with van der Waals surface area (Å²) in [6, 6.07) is 20.2. The summed E-state index contributed by atoms with van der Waals surface area (Å²) in [7, 11) is 0. The third-order valence-electron chi connectivity index (χ3n) is 4.95. The first-order valence-corrected chi connectivity index (χ1v) is 9.27. The molecule has 1 aliphatic heterocycles. The Morgan fingerprint density at radius 2 is 1.41 bits per heavy atom. The minimum atomic E-state index is -0.661. The summed E-state index contributed by atoms with van der Waals surface area (Å²) < 4.78 is 5.43. The van der Waals surface area contributed by atoms with E-state index in [4.69, 9.17) is 4.74 Å². The molecule has 29 heavy (non-hydrogen) atoms. The average molecular weight is 385 g/mol. The number of hydrogen-bond acceptors (Lipinski definition) is 4. The summed E-state index contributed by atoms with van der Waals surface area (Å²) in [5, 5.41) is 0. The smallest absolute Gasteiger partial charge is 0.331 e. The molecule has 3 aromatic carbocycles. The average Bonchev–Trinajstić information content (AvgIpc) is 2.95. The number of benzene rings is 3. The van der Waals surface area contributed by atoms with Gasteiger partial charge in [0.1, 0.15) is 12.3 Å². The molecule has 0 bridgehead atoms. The number of amides is 2. The van der Waals surface area contributed by atoms with E-state index < -0.39 is 24.3 Å². The van der Waals surface area contributed by atoms with Gasteiger partial charge in [-0.1, -0.05) is 48.0 Å². The summed E-state index contributed by atoms with van der Waals surface area (Å²) in [5.41, 5.74) is 4.68. The second kappa shape index (κ2) is 7.36. The predicted octanol–water partition coefficient (Wildman–Crippen LogP) is 4.17. The zero-order valence-electron chi connectivity index (χ0n) is 16.1. The van der Waals surface area contributed by atoms with Gasteiger partial charge in [-0.05, 0) is 54.8 Å². The zero-order valence-corrected chi connectivity index (χ0v) is 16.1. The van der Waals surface area contributed by atoms with Gasteiger partial charge in [-0.15, -0.1) is 0 Å². The molecule has 5 nitrogen and oxygen atoms in total. The Labute approximate surface area is 168 Å². The van der Waals surface area contributed by atoms with Crippen molar-refractivity contribution in [1.29, 1.82) is 0 Å². The van der Waals surface area contributed by atoms with E-state index in [1.165, 1.54) is 5.56 Å². The summed E-state index contributed by atoms with van der Waals surface area (Å²) in [5.74, 6) is -1.21. The minimum Gasteiger partial charge on any atom is -0.425 e. The number of carbonyl (C=O) groups is 3. The van der Waals surface area contributed by atoms with Gasteiger partial charge in [0.15, 0.2) is 0 Å². The largest absolute Gasteiger partial charge is 0.425 e. The molecule has 0 saturated heterocycles. The van der Waals surface area contributed by atoms with E-state index >= 15 is 0 Å². The van der Waals surface area contributed by atoms with Crippen molar-refractivity contribution in [3.05, 3.63) is 89.0 Å².